The molecule has 2 rings (SSSR count). The average molecular weight is 280 g/mol. The number of ether oxygens (including phenoxy) is 3. The van der Waals surface area contributed by atoms with Gasteiger partial charge < -0.3 is 25.2 Å². The Morgan fingerprint density at radius 3 is 3.00 bits per heavy atom. The molecule has 1 fully saturated rings. The zero-order chi connectivity index (χ0) is 14.4. The first-order valence-corrected chi connectivity index (χ1v) is 6.65. The van der Waals surface area contributed by atoms with Gasteiger partial charge in [0.25, 0.3) is 0 Å². The zero-order valence-corrected chi connectivity index (χ0v) is 11.5. The molecular weight excluding hydrogens is 260 g/mol. The summed E-state index contributed by atoms with van der Waals surface area (Å²) in [6.45, 7) is 1.22. The number of amidine groups is 1. The van der Waals surface area contributed by atoms with E-state index < -0.39 is 0 Å². The number of methoxy groups -OCH3 is 1. The topological polar surface area (TPSA) is 86.3 Å². The summed E-state index contributed by atoms with van der Waals surface area (Å²) in [5.41, 5.74) is 6.17. The van der Waals surface area contributed by atoms with Crippen LogP contribution >= 0.6 is 0 Å². The van der Waals surface area contributed by atoms with Crippen LogP contribution in [0.1, 0.15) is 24.8 Å². The van der Waals surface area contributed by atoms with Crippen molar-refractivity contribution in [2.45, 2.75) is 25.4 Å². The van der Waals surface area contributed by atoms with Crippen LogP contribution < -0.4 is 15.2 Å². The highest BCUT2D eigenvalue weighted by Gasteiger charge is 2.16. The van der Waals surface area contributed by atoms with E-state index in [1.807, 2.05) is 0 Å². The quantitative estimate of drug-likeness (QED) is 0.371. The minimum atomic E-state index is 0.00668. The predicted octanol–water partition coefficient (Wildman–Crippen LogP) is 1.74. The number of nitrogens with zero attached hydrogens (tertiary/aromatic N) is 1. The van der Waals surface area contributed by atoms with E-state index in [1.54, 1.807) is 25.3 Å². The first kappa shape index (κ1) is 14.5. The minimum absolute atomic E-state index is 0.00668. The number of oxime groups is 1. The van der Waals surface area contributed by atoms with Crippen LogP contribution in [0.5, 0.6) is 11.5 Å². The average Bonchev–Trinajstić information content (AvgIpc) is 2.52. The molecule has 1 saturated heterocycles. The molecule has 0 saturated carbocycles. The van der Waals surface area contributed by atoms with E-state index in [9.17, 15) is 0 Å². The number of benzene rings is 1. The Morgan fingerprint density at radius 1 is 1.50 bits per heavy atom. The van der Waals surface area contributed by atoms with Crippen LogP contribution in [0.4, 0.5) is 0 Å². The fraction of sp³-hybridized carbons (Fsp3) is 0.500. The maximum atomic E-state index is 8.81. The maximum Gasteiger partial charge on any atom is 0.173 e. The normalized spacial score (nSPS) is 19.6. The molecule has 1 aromatic carbocycles. The van der Waals surface area contributed by atoms with Crippen LogP contribution in [-0.4, -0.2) is 37.5 Å². The third-order valence-electron chi connectivity index (χ3n) is 3.27. The first-order valence-electron chi connectivity index (χ1n) is 6.65. The Labute approximate surface area is 118 Å². The van der Waals surface area contributed by atoms with E-state index in [4.69, 9.17) is 25.2 Å². The highest BCUT2D eigenvalue weighted by atomic mass is 16.5. The van der Waals surface area contributed by atoms with Crippen molar-refractivity contribution in [1.82, 2.24) is 0 Å². The Hall–Kier alpha value is -1.95. The van der Waals surface area contributed by atoms with E-state index >= 15 is 0 Å². The first-order chi connectivity index (χ1) is 9.74. The van der Waals surface area contributed by atoms with Gasteiger partial charge in [-0.25, -0.2) is 0 Å². The van der Waals surface area contributed by atoms with E-state index in [-0.39, 0.29) is 11.9 Å². The van der Waals surface area contributed by atoms with E-state index in [0.717, 1.165) is 25.9 Å². The molecule has 0 bridgehead atoms. The molecule has 1 heterocycles. The van der Waals surface area contributed by atoms with Gasteiger partial charge in [-0.05, 0) is 31.4 Å². The molecule has 110 valence electrons. The van der Waals surface area contributed by atoms with Crippen LogP contribution in [0, 0.1) is 0 Å². The van der Waals surface area contributed by atoms with Crippen LogP contribution in [0.2, 0.25) is 0 Å². The molecule has 6 nitrogen and oxygen atoms in total. The largest absolute Gasteiger partial charge is 0.497 e. The van der Waals surface area contributed by atoms with Crippen LogP contribution in [0.3, 0.4) is 0 Å². The van der Waals surface area contributed by atoms with Crippen molar-refractivity contribution in [3.63, 3.8) is 0 Å². The van der Waals surface area contributed by atoms with E-state index in [2.05, 4.69) is 5.16 Å². The molecule has 1 aliphatic rings. The molecule has 1 aliphatic heterocycles. The van der Waals surface area contributed by atoms with Crippen molar-refractivity contribution in [1.29, 1.82) is 0 Å². The third kappa shape index (κ3) is 3.54. The lowest BCUT2D eigenvalue weighted by molar-refractivity contribution is -0.0111. The van der Waals surface area contributed by atoms with Gasteiger partial charge in [0.05, 0.1) is 18.8 Å². The van der Waals surface area contributed by atoms with Crippen molar-refractivity contribution in [2.24, 2.45) is 10.9 Å². The second-order valence-corrected chi connectivity index (χ2v) is 4.65. The zero-order valence-electron chi connectivity index (χ0n) is 11.5. The standard InChI is InChI=1S/C14H20N2O4/c1-18-10-5-6-12(14(15)16-17)13(8-10)20-9-11-4-2-3-7-19-11/h5-6,8,11,17H,2-4,7,9H2,1H3,(H2,15,16). The van der Waals surface area contributed by atoms with Crippen molar-refractivity contribution in [3.05, 3.63) is 23.8 Å². The predicted molar refractivity (Wildman–Crippen MR) is 74.6 cm³/mol. The molecule has 0 amide bonds. The summed E-state index contributed by atoms with van der Waals surface area (Å²) in [5, 5.41) is 11.8. The van der Waals surface area contributed by atoms with Gasteiger partial charge >= 0.3 is 0 Å². The summed E-state index contributed by atoms with van der Waals surface area (Å²) in [6, 6.07) is 5.15. The number of nitrogens with two attached hydrogens (primary N) is 1. The lowest BCUT2D eigenvalue weighted by atomic mass is 10.1. The van der Waals surface area contributed by atoms with Gasteiger partial charge in [0.2, 0.25) is 0 Å². The summed E-state index contributed by atoms with van der Waals surface area (Å²) >= 11 is 0. The monoisotopic (exact) mass is 280 g/mol. The summed E-state index contributed by atoms with van der Waals surface area (Å²) in [7, 11) is 1.58. The summed E-state index contributed by atoms with van der Waals surface area (Å²) in [5.74, 6) is 1.18. The number of rotatable bonds is 5. The smallest absolute Gasteiger partial charge is 0.173 e. The number of hydrogen-bond acceptors (Lipinski definition) is 5. The molecule has 3 N–H and O–H groups in total. The van der Waals surface area contributed by atoms with Crippen molar-refractivity contribution in [2.75, 3.05) is 20.3 Å². The lowest BCUT2D eigenvalue weighted by Crippen LogP contribution is -2.26. The molecular formula is C14H20N2O4. The highest BCUT2D eigenvalue weighted by molar-refractivity contribution is 5.99. The molecule has 1 atom stereocenters. The summed E-state index contributed by atoms with van der Waals surface area (Å²) < 4.78 is 16.5. The fourth-order valence-corrected chi connectivity index (χ4v) is 2.14. The van der Waals surface area contributed by atoms with Crippen LogP contribution in [-0.2, 0) is 4.74 Å². The van der Waals surface area contributed by atoms with Crippen molar-refractivity contribution >= 4 is 5.84 Å². The second-order valence-electron chi connectivity index (χ2n) is 4.65. The summed E-state index contributed by atoms with van der Waals surface area (Å²) in [6.07, 6.45) is 3.34. The van der Waals surface area contributed by atoms with Crippen molar-refractivity contribution < 1.29 is 19.4 Å². The Morgan fingerprint density at radius 2 is 2.35 bits per heavy atom. The van der Waals surface area contributed by atoms with Gasteiger partial charge in [-0.3, -0.25) is 0 Å². The van der Waals surface area contributed by atoms with Crippen molar-refractivity contribution in [3.8, 4) is 11.5 Å². The van der Waals surface area contributed by atoms with Gasteiger partial charge in [0.1, 0.15) is 18.1 Å². The molecule has 20 heavy (non-hydrogen) atoms. The van der Waals surface area contributed by atoms with Gasteiger partial charge in [-0.15, -0.1) is 0 Å². The Balaban J connectivity index is 2.10. The fourth-order valence-electron chi connectivity index (χ4n) is 2.14. The van der Waals surface area contributed by atoms with E-state index in [0.29, 0.717) is 23.7 Å². The third-order valence-corrected chi connectivity index (χ3v) is 3.27. The molecule has 0 radical (unpaired) electrons. The minimum Gasteiger partial charge on any atom is -0.497 e. The maximum absolute atomic E-state index is 8.81. The Kier molecular flexibility index (Phi) is 5.06. The molecule has 1 unspecified atom stereocenters. The number of hydrogen-bond donors (Lipinski definition) is 2. The molecule has 0 aromatic heterocycles. The molecule has 0 spiro atoms. The van der Waals surface area contributed by atoms with Gasteiger partial charge in [-0.1, -0.05) is 5.16 Å². The van der Waals surface area contributed by atoms with Crippen LogP contribution in [0.15, 0.2) is 23.4 Å². The molecule has 1 aromatic rings. The summed E-state index contributed by atoms with van der Waals surface area (Å²) in [4.78, 5) is 0. The SMILES string of the molecule is COc1ccc(/C(N)=N/O)c(OCC2CCCCO2)c1. The van der Waals surface area contributed by atoms with Gasteiger partial charge in [0, 0.05) is 12.7 Å². The molecule has 6 heteroatoms. The Bertz CT molecular complexity index is 470. The van der Waals surface area contributed by atoms with E-state index in [1.165, 1.54) is 0 Å². The highest BCUT2D eigenvalue weighted by Crippen LogP contribution is 2.25. The van der Waals surface area contributed by atoms with Gasteiger partial charge in [0.15, 0.2) is 5.84 Å². The second kappa shape index (κ2) is 7.00. The lowest BCUT2D eigenvalue weighted by Gasteiger charge is -2.23. The van der Waals surface area contributed by atoms with Crippen LogP contribution in [0.25, 0.3) is 0 Å². The molecule has 0 aliphatic carbocycles. The van der Waals surface area contributed by atoms with Gasteiger partial charge in [-0.2, -0.15) is 0 Å².